The van der Waals surface area contributed by atoms with Gasteiger partial charge < -0.3 is 10.6 Å². The molecule has 1 saturated carbocycles. The van der Waals surface area contributed by atoms with E-state index in [0.29, 0.717) is 12.0 Å². The Bertz CT molecular complexity index is 496. The van der Waals surface area contributed by atoms with Crippen LogP contribution in [0.4, 0.5) is 4.39 Å². The number of pyridine rings is 1. The van der Waals surface area contributed by atoms with E-state index in [-0.39, 0.29) is 22.8 Å². The summed E-state index contributed by atoms with van der Waals surface area (Å²) in [4.78, 5) is 15.7. The monoisotopic (exact) mass is 269 g/mol. The van der Waals surface area contributed by atoms with Crippen LogP contribution in [0.1, 0.15) is 23.3 Å². The van der Waals surface area contributed by atoms with Crippen LogP contribution in [0.2, 0.25) is 5.15 Å². The smallest absolute Gasteiger partial charge is 0.270 e. The highest BCUT2D eigenvalue weighted by Gasteiger charge is 2.40. The van der Waals surface area contributed by atoms with Crippen LogP contribution >= 0.6 is 11.6 Å². The summed E-state index contributed by atoms with van der Waals surface area (Å²) in [7, 11) is 0. The fourth-order valence-corrected chi connectivity index (χ4v) is 2.95. The topological polar surface area (TPSA) is 54.0 Å². The molecule has 1 aliphatic heterocycles. The Labute approximate surface area is 109 Å². The summed E-state index contributed by atoms with van der Waals surface area (Å²) >= 11 is 5.56. The minimum atomic E-state index is -0.616. The zero-order chi connectivity index (χ0) is 12.7. The summed E-state index contributed by atoms with van der Waals surface area (Å²) in [5.74, 6) is -0.254. The number of aromatic nitrogens is 1. The van der Waals surface area contributed by atoms with Gasteiger partial charge in [-0.25, -0.2) is 9.37 Å². The molecule has 2 fully saturated rings. The molecule has 2 bridgehead atoms. The Balaban J connectivity index is 1.69. The van der Waals surface area contributed by atoms with Crippen molar-refractivity contribution in [2.75, 3.05) is 6.54 Å². The van der Waals surface area contributed by atoms with Gasteiger partial charge in [0.2, 0.25) is 0 Å². The first-order chi connectivity index (χ1) is 8.63. The molecule has 0 spiro atoms. The number of nitrogens with zero attached hydrogens (tertiary/aromatic N) is 1. The van der Waals surface area contributed by atoms with Crippen molar-refractivity contribution in [3.05, 3.63) is 28.8 Å². The maximum Gasteiger partial charge on any atom is 0.270 e. The molecular weight excluding hydrogens is 257 g/mol. The van der Waals surface area contributed by atoms with E-state index in [1.165, 1.54) is 6.07 Å². The quantitative estimate of drug-likeness (QED) is 0.797. The highest BCUT2D eigenvalue weighted by atomic mass is 35.5. The Morgan fingerprint density at radius 1 is 1.50 bits per heavy atom. The number of halogens is 2. The average Bonchev–Trinajstić information content (AvgIpc) is 2.94. The van der Waals surface area contributed by atoms with E-state index in [2.05, 4.69) is 15.6 Å². The first kappa shape index (κ1) is 11.9. The Kier molecular flexibility index (Phi) is 2.95. The van der Waals surface area contributed by atoms with Crippen molar-refractivity contribution in [2.24, 2.45) is 5.92 Å². The van der Waals surface area contributed by atoms with Crippen LogP contribution in [-0.2, 0) is 0 Å². The minimum Gasteiger partial charge on any atom is -0.346 e. The number of piperidine rings is 1. The molecule has 3 atom stereocenters. The number of hydrogen-bond acceptors (Lipinski definition) is 3. The molecule has 1 saturated heterocycles. The van der Waals surface area contributed by atoms with Gasteiger partial charge in [-0.05, 0) is 37.4 Å². The van der Waals surface area contributed by atoms with E-state index in [9.17, 15) is 9.18 Å². The fraction of sp³-hybridized carbons (Fsp3) is 0.500. The molecule has 0 aromatic carbocycles. The fourth-order valence-electron chi connectivity index (χ4n) is 2.80. The number of nitrogens with one attached hydrogen (secondary N) is 2. The number of amides is 1. The number of rotatable bonds is 2. The molecule has 6 heteroatoms. The highest BCUT2D eigenvalue weighted by Crippen LogP contribution is 2.31. The van der Waals surface area contributed by atoms with Gasteiger partial charge >= 0.3 is 0 Å². The van der Waals surface area contributed by atoms with Crippen molar-refractivity contribution < 1.29 is 9.18 Å². The number of carbonyl (C=O) groups excluding carboxylic acids is 1. The van der Waals surface area contributed by atoms with Crippen LogP contribution in [0, 0.1) is 11.7 Å². The molecule has 1 aromatic rings. The van der Waals surface area contributed by atoms with Gasteiger partial charge in [0, 0.05) is 12.1 Å². The number of hydrogen-bond donors (Lipinski definition) is 2. The Morgan fingerprint density at radius 2 is 2.33 bits per heavy atom. The molecule has 96 valence electrons. The van der Waals surface area contributed by atoms with Gasteiger partial charge in [-0.3, -0.25) is 4.79 Å². The Hall–Kier alpha value is -1.20. The summed E-state index contributed by atoms with van der Waals surface area (Å²) in [6, 6.07) is 3.00. The summed E-state index contributed by atoms with van der Waals surface area (Å²) < 4.78 is 13.0. The third-order valence-electron chi connectivity index (χ3n) is 3.68. The van der Waals surface area contributed by atoms with Gasteiger partial charge in [-0.1, -0.05) is 11.6 Å². The summed E-state index contributed by atoms with van der Waals surface area (Å²) in [5.41, 5.74) is 0.157. The first-order valence-corrected chi connectivity index (χ1v) is 6.37. The summed E-state index contributed by atoms with van der Waals surface area (Å²) in [5, 5.41) is 6.02. The molecule has 1 aliphatic carbocycles. The molecular formula is C12H13ClFN3O. The van der Waals surface area contributed by atoms with Gasteiger partial charge in [0.05, 0.1) is 0 Å². The first-order valence-electron chi connectivity index (χ1n) is 6.00. The van der Waals surface area contributed by atoms with Crippen LogP contribution in [0.5, 0.6) is 0 Å². The number of carbonyl (C=O) groups is 1. The second-order valence-electron chi connectivity index (χ2n) is 4.90. The third-order valence-corrected chi connectivity index (χ3v) is 3.95. The molecule has 2 N–H and O–H groups in total. The van der Waals surface area contributed by atoms with E-state index in [1.54, 1.807) is 0 Å². The van der Waals surface area contributed by atoms with Crippen LogP contribution in [0.3, 0.4) is 0 Å². The maximum atomic E-state index is 13.0. The van der Waals surface area contributed by atoms with Crippen LogP contribution < -0.4 is 10.6 Å². The van der Waals surface area contributed by atoms with Crippen molar-refractivity contribution in [3.8, 4) is 0 Å². The van der Waals surface area contributed by atoms with E-state index < -0.39 is 5.82 Å². The van der Waals surface area contributed by atoms with Crippen LogP contribution in [-0.4, -0.2) is 29.5 Å². The predicted molar refractivity (Wildman–Crippen MR) is 65.0 cm³/mol. The van der Waals surface area contributed by atoms with Crippen molar-refractivity contribution in [1.29, 1.82) is 0 Å². The highest BCUT2D eigenvalue weighted by molar-refractivity contribution is 6.29. The second kappa shape index (κ2) is 4.48. The van der Waals surface area contributed by atoms with Crippen molar-refractivity contribution in [3.63, 3.8) is 0 Å². The van der Waals surface area contributed by atoms with Crippen molar-refractivity contribution in [2.45, 2.75) is 24.9 Å². The van der Waals surface area contributed by atoms with Crippen molar-refractivity contribution in [1.82, 2.24) is 15.6 Å². The summed E-state index contributed by atoms with van der Waals surface area (Å²) in [6.07, 6.45) is 2.11. The molecule has 1 amide bonds. The van der Waals surface area contributed by atoms with Gasteiger partial charge in [-0.2, -0.15) is 0 Å². The van der Waals surface area contributed by atoms with Gasteiger partial charge in [0.1, 0.15) is 5.69 Å². The maximum absolute atomic E-state index is 13.0. The standard InChI is InChI=1S/C12H13ClFN3O/c13-11-7(14)1-2-8(16-11)12(18)17-10-4-6-3-9(10)15-5-6/h1-2,6,9-10,15H,3-5H2,(H,17,18). The van der Waals surface area contributed by atoms with E-state index in [0.717, 1.165) is 25.5 Å². The molecule has 4 nitrogen and oxygen atoms in total. The normalized spacial score (nSPS) is 29.6. The molecule has 2 aliphatic rings. The molecule has 1 aromatic heterocycles. The predicted octanol–water partition coefficient (Wildman–Crippen LogP) is 1.35. The lowest BCUT2D eigenvalue weighted by Gasteiger charge is -2.23. The zero-order valence-corrected chi connectivity index (χ0v) is 10.4. The Morgan fingerprint density at radius 3 is 2.94 bits per heavy atom. The third kappa shape index (κ3) is 2.08. The van der Waals surface area contributed by atoms with Gasteiger partial charge in [0.25, 0.3) is 5.91 Å². The number of fused-ring (bicyclic) bond motifs is 2. The van der Waals surface area contributed by atoms with Crippen molar-refractivity contribution >= 4 is 17.5 Å². The molecule has 0 radical (unpaired) electrons. The lowest BCUT2D eigenvalue weighted by Crippen LogP contribution is -2.48. The van der Waals surface area contributed by atoms with Crippen LogP contribution in [0.25, 0.3) is 0 Å². The zero-order valence-electron chi connectivity index (χ0n) is 9.62. The van der Waals surface area contributed by atoms with Gasteiger partial charge in [0.15, 0.2) is 11.0 Å². The van der Waals surface area contributed by atoms with E-state index in [1.807, 2.05) is 0 Å². The second-order valence-corrected chi connectivity index (χ2v) is 5.26. The molecule has 18 heavy (non-hydrogen) atoms. The largest absolute Gasteiger partial charge is 0.346 e. The summed E-state index contributed by atoms with van der Waals surface area (Å²) in [6.45, 7) is 1.04. The van der Waals surface area contributed by atoms with Crippen LogP contribution in [0.15, 0.2) is 12.1 Å². The molecule has 2 heterocycles. The molecule has 3 unspecified atom stereocenters. The van der Waals surface area contributed by atoms with E-state index >= 15 is 0 Å². The van der Waals surface area contributed by atoms with E-state index in [4.69, 9.17) is 11.6 Å². The average molecular weight is 270 g/mol. The van der Waals surface area contributed by atoms with Gasteiger partial charge in [-0.15, -0.1) is 0 Å². The lowest BCUT2D eigenvalue weighted by atomic mass is 10.1. The lowest BCUT2D eigenvalue weighted by molar-refractivity contribution is 0.0923. The minimum absolute atomic E-state index is 0.141. The molecule has 3 rings (SSSR count). The SMILES string of the molecule is O=C(NC1CC2CNC1C2)c1ccc(F)c(Cl)n1.